The van der Waals surface area contributed by atoms with Gasteiger partial charge in [0.15, 0.2) is 0 Å². The molecule has 0 atom stereocenters. The Hall–Kier alpha value is -0.300. The van der Waals surface area contributed by atoms with Crippen LogP contribution >= 0.6 is 0 Å². The molecule has 0 N–H and O–H groups in total. The molecule has 1 rings (SSSR count). The molecule has 0 amide bonds. The van der Waals surface area contributed by atoms with Gasteiger partial charge in [0.05, 0.1) is 0 Å². The zero-order chi connectivity index (χ0) is 9.23. The fourth-order valence-electron chi connectivity index (χ4n) is 0.513. The van der Waals surface area contributed by atoms with Crippen molar-refractivity contribution in [1.29, 1.82) is 0 Å². The van der Waals surface area contributed by atoms with Crippen molar-refractivity contribution in [1.82, 2.24) is 0 Å². The fraction of sp³-hybridized carbons (Fsp3) is 0.273. The molecule has 0 aromatic carbocycles. The predicted octanol–water partition coefficient (Wildman–Crippen LogP) is 3.97. The molecule has 0 saturated carbocycles. The summed E-state index contributed by atoms with van der Waals surface area (Å²) < 4.78 is 0. The molecule has 0 aliphatic heterocycles. The maximum atomic E-state index is 2.37. The van der Waals surface area contributed by atoms with Gasteiger partial charge in [-0.3, -0.25) is 0 Å². The maximum absolute atomic E-state index is 2.37. The van der Waals surface area contributed by atoms with Gasteiger partial charge in [-0.05, 0) is 0 Å². The van der Waals surface area contributed by atoms with Crippen molar-refractivity contribution < 1.29 is 18.4 Å². The van der Waals surface area contributed by atoms with Gasteiger partial charge in [0.1, 0.15) is 0 Å². The molecule has 0 nitrogen and oxygen atoms in total. The summed E-state index contributed by atoms with van der Waals surface area (Å²) in [6.45, 7) is 0. The molecular weight excluding hydrogens is 313 g/mol. The Bertz CT molecular complexity index is 136. The minimum atomic E-state index is -0.593. The van der Waals surface area contributed by atoms with Crippen LogP contribution in [-0.4, -0.2) is 0 Å². The monoisotopic (exact) mass is 330 g/mol. The summed E-state index contributed by atoms with van der Waals surface area (Å²) in [4.78, 5) is 0. The normalized spacial score (nSPS) is 24.3. The molecule has 0 heterocycles. The van der Waals surface area contributed by atoms with E-state index in [9.17, 15) is 0 Å². The van der Waals surface area contributed by atoms with Gasteiger partial charge in [-0.15, -0.1) is 0 Å². The molecule has 0 saturated heterocycles. The van der Waals surface area contributed by atoms with Crippen LogP contribution < -0.4 is 0 Å². The Morgan fingerprint density at radius 1 is 0.500 bits per heavy atom. The summed E-state index contributed by atoms with van der Waals surface area (Å²) in [5.41, 5.74) is 0. The first-order chi connectivity index (χ1) is 5.73. The summed E-state index contributed by atoms with van der Waals surface area (Å²) >= 11 is -0.593. The van der Waals surface area contributed by atoms with E-state index in [1.165, 1.54) is 0 Å². The molecule has 0 aromatic heterocycles. The van der Waals surface area contributed by atoms with Gasteiger partial charge in [0.2, 0.25) is 0 Å². The Morgan fingerprint density at radius 2 is 0.583 bits per heavy atom. The van der Waals surface area contributed by atoms with Crippen LogP contribution in [0.1, 0.15) is 0 Å². The van der Waals surface area contributed by atoms with Crippen LogP contribution in [0.4, 0.5) is 0 Å². The third-order valence-electron chi connectivity index (χ3n) is 0.889. The van der Waals surface area contributed by atoms with Gasteiger partial charge in [0.25, 0.3) is 0 Å². The second-order valence-corrected chi connectivity index (χ2v) is 12.5. The van der Waals surface area contributed by atoms with Crippen molar-refractivity contribution in [2.24, 2.45) is 0 Å². The molecule has 0 unspecified atom stereocenters. The first-order valence-electron chi connectivity index (χ1n) is 4.01. The van der Waals surface area contributed by atoms with E-state index in [-0.39, 0.29) is 0 Å². The quantitative estimate of drug-likeness (QED) is 0.630. The van der Waals surface area contributed by atoms with Crippen LogP contribution in [0.25, 0.3) is 0 Å². The molecule has 0 aromatic rings. The molecule has 1 aliphatic carbocycles. The van der Waals surface area contributed by atoms with Gasteiger partial charge >= 0.3 is 33.9 Å². The molecule has 66 valence electrons. The SMILES string of the molecule is C1=C\C=C/C=C\C=C/1.[CH3][Ta]([CH3])[CH3]. The van der Waals surface area contributed by atoms with Gasteiger partial charge in [-0.1, -0.05) is 48.6 Å². The van der Waals surface area contributed by atoms with Crippen molar-refractivity contribution in [2.75, 3.05) is 0 Å². The predicted molar refractivity (Wildman–Crippen MR) is 54.2 cm³/mol. The molecular formula is C11H17Ta. The van der Waals surface area contributed by atoms with E-state index in [0.717, 1.165) is 0 Å². The van der Waals surface area contributed by atoms with E-state index in [1.807, 2.05) is 48.6 Å². The number of hydrogen-bond acceptors (Lipinski definition) is 0. The molecule has 1 heteroatoms. The van der Waals surface area contributed by atoms with E-state index in [2.05, 4.69) is 15.4 Å². The van der Waals surface area contributed by atoms with Crippen LogP contribution in [-0.2, 0) is 18.4 Å². The zero-order valence-electron chi connectivity index (χ0n) is 8.07. The van der Waals surface area contributed by atoms with Crippen molar-refractivity contribution in [3.8, 4) is 0 Å². The van der Waals surface area contributed by atoms with Crippen LogP contribution in [0.15, 0.2) is 48.6 Å². The number of allylic oxidation sites excluding steroid dienone is 8. The topological polar surface area (TPSA) is 0 Å². The van der Waals surface area contributed by atoms with Crippen LogP contribution in [0.2, 0.25) is 15.4 Å². The van der Waals surface area contributed by atoms with E-state index in [4.69, 9.17) is 0 Å². The Labute approximate surface area is 82.5 Å². The third kappa shape index (κ3) is 12.4. The average molecular weight is 330 g/mol. The van der Waals surface area contributed by atoms with Crippen LogP contribution in [0.5, 0.6) is 0 Å². The first kappa shape index (κ1) is 11.7. The fourth-order valence-corrected chi connectivity index (χ4v) is 0.513. The van der Waals surface area contributed by atoms with E-state index >= 15 is 0 Å². The van der Waals surface area contributed by atoms with Gasteiger partial charge in [-0.2, -0.15) is 0 Å². The number of hydrogen-bond donors (Lipinski definition) is 0. The van der Waals surface area contributed by atoms with Crippen molar-refractivity contribution in [2.45, 2.75) is 15.4 Å². The Morgan fingerprint density at radius 3 is 0.667 bits per heavy atom. The van der Waals surface area contributed by atoms with Gasteiger partial charge < -0.3 is 0 Å². The Balaban J connectivity index is 0.000000261. The van der Waals surface area contributed by atoms with E-state index in [1.54, 1.807) is 0 Å². The van der Waals surface area contributed by atoms with Crippen molar-refractivity contribution in [3.05, 3.63) is 48.6 Å². The summed E-state index contributed by atoms with van der Waals surface area (Å²) in [6, 6.07) is 0. The zero-order valence-corrected chi connectivity index (χ0v) is 11.3. The van der Waals surface area contributed by atoms with Crippen molar-refractivity contribution >= 4 is 0 Å². The Kier molecular flexibility index (Phi) is 8.57. The summed E-state index contributed by atoms with van der Waals surface area (Å²) in [5, 5.41) is 7.11. The summed E-state index contributed by atoms with van der Waals surface area (Å²) in [6.07, 6.45) is 16.0. The second kappa shape index (κ2) is 8.79. The molecule has 12 heavy (non-hydrogen) atoms. The minimum absolute atomic E-state index is 0.593. The molecule has 0 bridgehead atoms. The van der Waals surface area contributed by atoms with Crippen LogP contribution in [0.3, 0.4) is 0 Å². The summed E-state index contributed by atoms with van der Waals surface area (Å²) in [5.74, 6) is 0. The van der Waals surface area contributed by atoms with E-state index < -0.39 is 18.4 Å². The van der Waals surface area contributed by atoms with Crippen molar-refractivity contribution in [3.63, 3.8) is 0 Å². The second-order valence-electron chi connectivity index (χ2n) is 2.88. The molecule has 0 spiro atoms. The third-order valence-corrected chi connectivity index (χ3v) is 0.889. The standard InChI is InChI=1S/C8H8.3CH3.Ta/c1-2-4-6-8-7-5-3-1;;;;/h1-8H;3*1H3;/b2-1-,3-1?,4-2?,5-3-,6-4-,7-5?,8-6?,8-7-;;;;. The van der Waals surface area contributed by atoms with Gasteiger partial charge in [-0.25, -0.2) is 0 Å². The molecule has 1 aliphatic rings. The molecule has 0 fully saturated rings. The summed E-state index contributed by atoms with van der Waals surface area (Å²) in [7, 11) is 0. The van der Waals surface area contributed by atoms with Crippen LogP contribution in [0, 0.1) is 0 Å². The number of rotatable bonds is 0. The first-order valence-corrected chi connectivity index (χ1v) is 13.6. The van der Waals surface area contributed by atoms with E-state index in [0.29, 0.717) is 0 Å². The average Bonchev–Trinajstić information content (AvgIpc) is 1.82. The van der Waals surface area contributed by atoms with Gasteiger partial charge in [0, 0.05) is 0 Å². The molecule has 0 radical (unpaired) electrons.